The van der Waals surface area contributed by atoms with Gasteiger partial charge in [0.1, 0.15) is 4.75 Å². The Labute approximate surface area is 125 Å². The smallest absolute Gasteiger partial charge is 0.321 e. The first-order valence-corrected chi connectivity index (χ1v) is 7.68. The van der Waals surface area contributed by atoms with Gasteiger partial charge in [0.05, 0.1) is 11.2 Å². The zero-order valence-electron chi connectivity index (χ0n) is 11.1. The summed E-state index contributed by atoms with van der Waals surface area (Å²) in [6.45, 7) is 5.99. The fourth-order valence-corrected chi connectivity index (χ4v) is 3.29. The van der Waals surface area contributed by atoms with E-state index >= 15 is 0 Å². The average Bonchev–Trinajstić information content (AvgIpc) is 2.68. The first-order chi connectivity index (χ1) is 8.92. The van der Waals surface area contributed by atoms with E-state index in [0.717, 1.165) is 20.4 Å². The van der Waals surface area contributed by atoms with E-state index in [1.54, 1.807) is 0 Å². The van der Waals surface area contributed by atoms with Gasteiger partial charge in [0.25, 0.3) is 0 Å². The first kappa shape index (κ1) is 14.5. The highest BCUT2D eigenvalue weighted by molar-refractivity contribution is 9.10. The monoisotopic (exact) mass is 341 g/mol. The molecule has 1 aromatic heterocycles. The fourth-order valence-electron chi connectivity index (χ4n) is 1.78. The molecule has 1 aromatic carbocycles. The highest BCUT2D eigenvalue weighted by atomic mass is 79.9. The number of benzene rings is 1. The van der Waals surface area contributed by atoms with Crippen LogP contribution < -0.4 is 0 Å². The maximum Gasteiger partial charge on any atom is 0.321 e. The van der Waals surface area contributed by atoms with Gasteiger partial charge in [-0.15, -0.1) is 11.8 Å². The molecule has 0 aliphatic heterocycles. The zero-order chi connectivity index (χ0) is 14.0. The maximum absolute atomic E-state index is 11.9. The standard InChI is InChI=1S/C14H16BrNO2S/c1-4-18-13(17)14(2,3)19-10-5-6-11-9(7-10)8-12(15)16-11/h5-8,16H,4H2,1-3H3. The van der Waals surface area contributed by atoms with Crippen LogP contribution in [0.15, 0.2) is 33.8 Å². The minimum atomic E-state index is -0.586. The van der Waals surface area contributed by atoms with Crippen LogP contribution >= 0.6 is 27.7 Å². The second-order valence-electron chi connectivity index (χ2n) is 4.70. The summed E-state index contributed by atoms with van der Waals surface area (Å²) in [6.07, 6.45) is 0. The van der Waals surface area contributed by atoms with Crippen LogP contribution in [-0.2, 0) is 9.53 Å². The first-order valence-electron chi connectivity index (χ1n) is 6.07. The third kappa shape index (κ3) is 3.34. The summed E-state index contributed by atoms with van der Waals surface area (Å²) in [7, 11) is 0. The van der Waals surface area contributed by atoms with Crippen molar-refractivity contribution in [1.82, 2.24) is 4.98 Å². The van der Waals surface area contributed by atoms with Gasteiger partial charge in [-0.3, -0.25) is 4.79 Å². The molecule has 0 atom stereocenters. The number of carbonyl (C=O) groups excluding carboxylic acids is 1. The highest BCUT2D eigenvalue weighted by Gasteiger charge is 2.30. The molecule has 0 fully saturated rings. The van der Waals surface area contributed by atoms with Crippen LogP contribution in [0.3, 0.4) is 0 Å². The Morgan fingerprint density at radius 3 is 2.84 bits per heavy atom. The second-order valence-corrected chi connectivity index (χ2v) is 7.25. The summed E-state index contributed by atoms with van der Waals surface area (Å²) >= 11 is 4.93. The number of H-pyrrole nitrogens is 1. The van der Waals surface area contributed by atoms with E-state index in [4.69, 9.17) is 4.74 Å². The van der Waals surface area contributed by atoms with Gasteiger partial charge >= 0.3 is 5.97 Å². The molecule has 0 saturated heterocycles. The van der Waals surface area contributed by atoms with Crippen LogP contribution in [0.4, 0.5) is 0 Å². The largest absolute Gasteiger partial charge is 0.465 e. The summed E-state index contributed by atoms with van der Waals surface area (Å²) in [4.78, 5) is 16.1. The van der Waals surface area contributed by atoms with Gasteiger partial charge in [0.15, 0.2) is 0 Å². The molecule has 3 nitrogen and oxygen atoms in total. The Hall–Kier alpha value is -0.940. The molecule has 2 rings (SSSR count). The fraction of sp³-hybridized carbons (Fsp3) is 0.357. The number of nitrogens with one attached hydrogen (secondary N) is 1. The molecule has 2 aromatic rings. The van der Waals surface area contributed by atoms with Gasteiger partial charge in [0, 0.05) is 15.8 Å². The molecular formula is C14H16BrNO2S. The summed E-state index contributed by atoms with van der Waals surface area (Å²) in [5.74, 6) is -0.185. The lowest BCUT2D eigenvalue weighted by Gasteiger charge is -2.21. The van der Waals surface area contributed by atoms with Crippen molar-refractivity contribution >= 4 is 44.6 Å². The zero-order valence-corrected chi connectivity index (χ0v) is 13.5. The number of fused-ring (bicyclic) bond motifs is 1. The van der Waals surface area contributed by atoms with E-state index in [1.165, 1.54) is 11.8 Å². The minimum absolute atomic E-state index is 0.185. The molecule has 19 heavy (non-hydrogen) atoms. The third-order valence-corrected chi connectivity index (χ3v) is 4.29. The minimum Gasteiger partial charge on any atom is -0.465 e. The Kier molecular flexibility index (Phi) is 4.26. The number of esters is 1. The molecule has 0 aliphatic carbocycles. The van der Waals surface area contributed by atoms with Gasteiger partial charge in [-0.2, -0.15) is 0 Å². The summed E-state index contributed by atoms with van der Waals surface area (Å²) in [5.41, 5.74) is 1.07. The Bertz CT molecular complexity index is 607. The van der Waals surface area contributed by atoms with Crippen LogP contribution in [0.2, 0.25) is 0 Å². The van der Waals surface area contributed by atoms with Crippen molar-refractivity contribution in [2.75, 3.05) is 6.61 Å². The molecule has 0 spiro atoms. The third-order valence-electron chi connectivity index (χ3n) is 2.70. The van der Waals surface area contributed by atoms with Crippen molar-refractivity contribution < 1.29 is 9.53 Å². The lowest BCUT2D eigenvalue weighted by atomic mass is 10.2. The number of halogens is 1. The van der Waals surface area contributed by atoms with E-state index in [2.05, 4.69) is 27.0 Å². The Morgan fingerprint density at radius 2 is 2.16 bits per heavy atom. The number of hydrogen-bond donors (Lipinski definition) is 1. The normalized spacial score (nSPS) is 11.8. The van der Waals surface area contributed by atoms with Gasteiger partial charge in [0.2, 0.25) is 0 Å². The van der Waals surface area contributed by atoms with Crippen molar-refractivity contribution in [3.05, 3.63) is 28.9 Å². The van der Waals surface area contributed by atoms with Crippen molar-refractivity contribution in [2.24, 2.45) is 0 Å². The quantitative estimate of drug-likeness (QED) is 0.663. The summed E-state index contributed by atoms with van der Waals surface area (Å²) < 4.78 is 5.46. The Balaban J connectivity index is 2.22. The van der Waals surface area contributed by atoms with Gasteiger partial charge in [-0.05, 0) is 61.0 Å². The van der Waals surface area contributed by atoms with E-state index in [1.807, 2.05) is 39.0 Å². The summed E-state index contributed by atoms with van der Waals surface area (Å²) in [6, 6.07) is 8.12. The second kappa shape index (κ2) is 5.59. The van der Waals surface area contributed by atoms with Crippen LogP contribution in [0.5, 0.6) is 0 Å². The number of aromatic amines is 1. The molecule has 0 aliphatic rings. The lowest BCUT2D eigenvalue weighted by Crippen LogP contribution is -2.29. The molecule has 102 valence electrons. The number of carbonyl (C=O) groups is 1. The number of rotatable bonds is 4. The molecule has 0 amide bonds. The number of thioether (sulfide) groups is 1. The SMILES string of the molecule is CCOC(=O)C(C)(C)Sc1ccc2[nH]c(Br)cc2c1. The summed E-state index contributed by atoms with van der Waals surface area (Å²) in [5, 5.41) is 1.12. The van der Waals surface area contributed by atoms with E-state index in [0.29, 0.717) is 6.61 Å². The predicted octanol–water partition coefficient (Wildman–Crippen LogP) is 4.36. The molecule has 0 saturated carbocycles. The van der Waals surface area contributed by atoms with Crippen molar-refractivity contribution in [1.29, 1.82) is 0 Å². The molecule has 0 unspecified atom stereocenters. The van der Waals surface area contributed by atoms with Crippen LogP contribution in [0.1, 0.15) is 20.8 Å². The predicted molar refractivity (Wildman–Crippen MR) is 82.6 cm³/mol. The molecular weight excluding hydrogens is 326 g/mol. The van der Waals surface area contributed by atoms with Gasteiger partial charge < -0.3 is 9.72 Å². The van der Waals surface area contributed by atoms with Gasteiger partial charge in [-0.25, -0.2) is 0 Å². The van der Waals surface area contributed by atoms with Crippen LogP contribution in [0, 0.1) is 0 Å². The molecule has 0 radical (unpaired) electrons. The number of hydrogen-bond acceptors (Lipinski definition) is 3. The topological polar surface area (TPSA) is 42.1 Å². The van der Waals surface area contributed by atoms with Crippen molar-refractivity contribution in [3.63, 3.8) is 0 Å². The Morgan fingerprint density at radius 1 is 1.42 bits per heavy atom. The van der Waals surface area contributed by atoms with E-state index < -0.39 is 4.75 Å². The van der Waals surface area contributed by atoms with E-state index in [-0.39, 0.29) is 5.97 Å². The lowest BCUT2D eigenvalue weighted by molar-refractivity contribution is -0.145. The maximum atomic E-state index is 11.9. The number of ether oxygens (including phenoxy) is 1. The van der Waals surface area contributed by atoms with E-state index in [9.17, 15) is 4.79 Å². The molecule has 0 bridgehead atoms. The molecule has 1 N–H and O–H groups in total. The molecule has 5 heteroatoms. The van der Waals surface area contributed by atoms with Gasteiger partial charge in [-0.1, -0.05) is 0 Å². The number of aromatic nitrogens is 1. The van der Waals surface area contributed by atoms with Crippen LogP contribution in [-0.4, -0.2) is 22.3 Å². The van der Waals surface area contributed by atoms with Crippen molar-refractivity contribution in [2.45, 2.75) is 30.4 Å². The molecule has 1 heterocycles. The van der Waals surface area contributed by atoms with Crippen LogP contribution in [0.25, 0.3) is 10.9 Å². The highest BCUT2D eigenvalue weighted by Crippen LogP contribution is 2.35. The van der Waals surface area contributed by atoms with Crippen molar-refractivity contribution in [3.8, 4) is 0 Å². The average molecular weight is 342 g/mol.